The number of hydrogen-bond acceptors (Lipinski definition) is 6. The SMILES string of the molecule is COCCc1noc([C@@H](C)NC2CCN(c3ccccc3C)CC2)n1. The summed E-state index contributed by atoms with van der Waals surface area (Å²) < 4.78 is 10.4. The quantitative estimate of drug-likeness (QED) is 0.833. The molecule has 0 saturated carbocycles. The van der Waals surface area contributed by atoms with Crippen molar-refractivity contribution in [2.24, 2.45) is 0 Å². The van der Waals surface area contributed by atoms with Crippen LogP contribution in [0.2, 0.25) is 0 Å². The fourth-order valence-electron chi connectivity index (χ4n) is 3.37. The van der Waals surface area contributed by atoms with Gasteiger partial charge in [0.1, 0.15) is 0 Å². The maximum absolute atomic E-state index is 5.38. The van der Waals surface area contributed by atoms with Gasteiger partial charge in [-0.2, -0.15) is 4.98 Å². The molecule has 1 aliphatic rings. The van der Waals surface area contributed by atoms with E-state index in [4.69, 9.17) is 9.26 Å². The Bertz CT molecular complexity index is 665. The Morgan fingerprint density at radius 2 is 2.08 bits per heavy atom. The number of nitrogens with one attached hydrogen (secondary N) is 1. The third-order valence-corrected chi connectivity index (χ3v) is 4.82. The number of methoxy groups -OCH3 is 1. The highest BCUT2D eigenvalue weighted by Gasteiger charge is 2.23. The first-order valence-electron chi connectivity index (χ1n) is 9.05. The summed E-state index contributed by atoms with van der Waals surface area (Å²) in [6.45, 7) is 7.01. The number of para-hydroxylation sites is 1. The molecule has 1 atom stereocenters. The predicted molar refractivity (Wildman–Crippen MR) is 97.8 cm³/mol. The Kier molecular flexibility index (Phi) is 6.04. The number of ether oxygens (including phenoxy) is 1. The summed E-state index contributed by atoms with van der Waals surface area (Å²) in [5.74, 6) is 1.37. The minimum atomic E-state index is 0.0683. The Hall–Kier alpha value is -1.92. The largest absolute Gasteiger partial charge is 0.384 e. The lowest BCUT2D eigenvalue weighted by Gasteiger charge is -2.35. The molecule has 0 radical (unpaired) electrons. The second-order valence-electron chi connectivity index (χ2n) is 6.73. The third-order valence-electron chi connectivity index (χ3n) is 4.82. The molecule has 0 spiro atoms. The summed E-state index contributed by atoms with van der Waals surface area (Å²) in [6.07, 6.45) is 2.91. The number of aromatic nitrogens is 2. The Morgan fingerprint density at radius 3 is 2.80 bits per heavy atom. The average Bonchev–Trinajstić information content (AvgIpc) is 3.10. The minimum Gasteiger partial charge on any atom is -0.384 e. The van der Waals surface area contributed by atoms with Gasteiger partial charge in [-0.25, -0.2) is 0 Å². The van der Waals surface area contributed by atoms with Gasteiger partial charge in [0.15, 0.2) is 5.82 Å². The van der Waals surface area contributed by atoms with E-state index in [-0.39, 0.29) is 6.04 Å². The van der Waals surface area contributed by atoms with Crippen molar-refractivity contribution in [2.75, 3.05) is 31.7 Å². The molecule has 0 bridgehead atoms. The zero-order valence-electron chi connectivity index (χ0n) is 15.4. The van der Waals surface area contributed by atoms with Crippen molar-refractivity contribution in [3.8, 4) is 0 Å². The summed E-state index contributed by atoms with van der Waals surface area (Å²) in [5.41, 5.74) is 2.70. The van der Waals surface area contributed by atoms with Gasteiger partial charge in [0.2, 0.25) is 5.89 Å². The highest BCUT2D eigenvalue weighted by Crippen LogP contribution is 2.24. The van der Waals surface area contributed by atoms with Crippen LogP contribution in [-0.2, 0) is 11.2 Å². The molecule has 3 rings (SSSR count). The van der Waals surface area contributed by atoms with Gasteiger partial charge in [-0.15, -0.1) is 0 Å². The first-order valence-corrected chi connectivity index (χ1v) is 9.05. The molecule has 136 valence electrons. The molecular weight excluding hydrogens is 316 g/mol. The van der Waals surface area contributed by atoms with Gasteiger partial charge in [-0.1, -0.05) is 23.4 Å². The minimum absolute atomic E-state index is 0.0683. The van der Waals surface area contributed by atoms with Gasteiger partial charge in [0.25, 0.3) is 0 Å². The molecule has 25 heavy (non-hydrogen) atoms. The smallest absolute Gasteiger partial charge is 0.243 e. The van der Waals surface area contributed by atoms with Crippen LogP contribution < -0.4 is 10.2 Å². The van der Waals surface area contributed by atoms with Crippen molar-refractivity contribution < 1.29 is 9.26 Å². The fraction of sp³-hybridized carbons (Fsp3) is 0.579. The van der Waals surface area contributed by atoms with Crippen LogP contribution in [0.15, 0.2) is 28.8 Å². The number of nitrogens with zero attached hydrogens (tertiary/aromatic N) is 3. The van der Waals surface area contributed by atoms with Crippen LogP contribution >= 0.6 is 0 Å². The van der Waals surface area contributed by atoms with Gasteiger partial charge in [0, 0.05) is 38.3 Å². The molecule has 0 amide bonds. The second-order valence-corrected chi connectivity index (χ2v) is 6.73. The summed E-state index contributed by atoms with van der Waals surface area (Å²) in [7, 11) is 1.68. The Morgan fingerprint density at radius 1 is 1.32 bits per heavy atom. The van der Waals surface area contributed by atoms with E-state index in [1.807, 2.05) is 0 Å². The molecule has 0 unspecified atom stereocenters. The van der Waals surface area contributed by atoms with E-state index in [2.05, 4.69) is 58.5 Å². The van der Waals surface area contributed by atoms with Crippen LogP contribution in [0.3, 0.4) is 0 Å². The van der Waals surface area contributed by atoms with Gasteiger partial charge in [0.05, 0.1) is 12.6 Å². The van der Waals surface area contributed by atoms with Crippen molar-refractivity contribution in [1.29, 1.82) is 0 Å². The summed E-state index contributed by atoms with van der Waals surface area (Å²) >= 11 is 0. The number of benzene rings is 1. The lowest BCUT2D eigenvalue weighted by molar-refractivity contribution is 0.199. The first kappa shape index (κ1) is 17.9. The van der Waals surface area contributed by atoms with Crippen LogP contribution in [0.4, 0.5) is 5.69 Å². The molecule has 1 saturated heterocycles. The average molecular weight is 344 g/mol. The van der Waals surface area contributed by atoms with E-state index in [0.717, 1.165) is 25.9 Å². The molecule has 1 aromatic heterocycles. The first-order chi connectivity index (χ1) is 12.2. The molecule has 6 nitrogen and oxygen atoms in total. The molecule has 0 aliphatic carbocycles. The number of piperidine rings is 1. The highest BCUT2D eigenvalue weighted by molar-refractivity contribution is 5.53. The maximum Gasteiger partial charge on any atom is 0.243 e. The summed E-state index contributed by atoms with van der Waals surface area (Å²) in [5, 5.41) is 7.65. The monoisotopic (exact) mass is 344 g/mol. The molecule has 1 aliphatic heterocycles. The standard InChI is InChI=1S/C19H28N4O2/c1-14-6-4-5-7-17(14)23-11-8-16(9-12-23)20-15(2)19-21-18(22-25-19)10-13-24-3/h4-7,15-16,20H,8-13H2,1-3H3/t15-/m1/s1. The zero-order chi connectivity index (χ0) is 17.6. The van der Waals surface area contributed by atoms with Gasteiger partial charge in [-0.3, -0.25) is 0 Å². The fourth-order valence-corrected chi connectivity index (χ4v) is 3.37. The van der Waals surface area contributed by atoms with E-state index in [0.29, 0.717) is 30.8 Å². The normalized spacial score (nSPS) is 17.0. The summed E-state index contributed by atoms with van der Waals surface area (Å²) in [6, 6.07) is 9.15. The van der Waals surface area contributed by atoms with Gasteiger partial charge < -0.3 is 19.5 Å². The van der Waals surface area contributed by atoms with Crippen molar-refractivity contribution >= 4 is 5.69 Å². The highest BCUT2D eigenvalue weighted by atomic mass is 16.5. The molecular formula is C19H28N4O2. The number of hydrogen-bond donors (Lipinski definition) is 1. The Balaban J connectivity index is 1.50. The lowest BCUT2D eigenvalue weighted by Crippen LogP contribution is -2.43. The third kappa shape index (κ3) is 4.58. The van der Waals surface area contributed by atoms with Crippen molar-refractivity contribution in [2.45, 2.75) is 45.2 Å². The predicted octanol–water partition coefficient (Wildman–Crippen LogP) is 2.89. The number of rotatable bonds is 7. The van der Waals surface area contributed by atoms with Crippen molar-refractivity contribution in [1.82, 2.24) is 15.5 Å². The molecule has 2 heterocycles. The summed E-state index contributed by atoms with van der Waals surface area (Å²) in [4.78, 5) is 6.94. The van der Waals surface area contributed by atoms with Gasteiger partial charge in [-0.05, 0) is 38.3 Å². The molecule has 2 aromatic rings. The van der Waals surface area contributed by atoms with E-state index in [9.17, 15) is 0 Å². The zero-order valence-corrected chi connectivity index (χ0v) is 15.4. The van der Waals surface area contributed by atoms with E-state index < -0.39 is 0 Å². The van der Waals surface area contributed by atoms with Crippen LogP contribution in [-0.4, -0.2) is 43.0 Å². The lowest BCUT2D eigenvalue weighted by atomic mass is 10.0. The van der Waals surface area contributed by atoms with Crippen molar-refractivity contribution in [3.05, 3.63) is 41.5 Å². The second kappa shape index (κ2) is 8.45. The van der Waals surface area contributed by atoms with E-state index in [1.54, 1.807) is 7.11 Å². The maximum atomic E-state index is 5.38. The van der Waals surface area contributed by atoms with Crippen LogP contribution in [0.25, 0.3) is 0 Å². The van der Waals surface area contributed by atoms with Crippen LogP contribution in [0.1, 0.15) is 43.1 Å². The van der Waals surface area contributed by atoms with Gasteiger partial charge >= 0.3 is 0 Å². The van der Waals surface area contributed by atoms with E-state index >= 15 is 0 Å². The number of aryl methyl sites for hydroxylation is 1. The Labute approximate surface area is 149 Å². The molecule has 6 heteroatoms. The van der Waals surface area contributed by atoms with Crippen LogP contribution in [0, 0.1) is 6.92 Å². The molecule has 1 aromatic carbocycles. The molecule has 1 fully saturated rings. The van der Waals surface area contributed by atoms with Crippen molar-refractivity contribution in [3.63, 3.8) is 0 Å². The molecule has 1 N–H and O–H groups in total. The van der Waals surface area contributed by atoms with E-state index in [1.165, 1.54) is 11.3 Å². The topological polar surface area (TPSA) is 63.4 Å². The van der Waals surface area contributed by atoms with Crippen LogP contribution in [0.5, 0.6) is 0 Å². The number of anilines is 1.